The molecule has 0 unspecified atom stereocenters. The monoisotopic (exact) mass is 395 g/mol. The number of hydrogen-bond acceptors (Lipinski definition) is 7. The molecule has 1 aliphatic rings. The van der Waals surface area contributed by atoms with Gasteiger partial charge in [0.05, 0.1) is 12.0 Å². The van der Waals surface area contributed by atoms with E-state index >= 15 is 0 Å². The summed E-state index contributed by atoms with van der Waals surface area (Å²) in [7, 11) is 0. The average molecular weight is 395 g/mol. The summed E-state index contributed by atoms with van der Waals surface area (Å²) in [4.78, 5) is 16.3. The summed E-state index contributed by atoms with van der Waals surface area (Å²) in [5.74, 6) is 0.125. The Morgan fingerprint density at radius 2 is 1.93 bits per heavy atom. The van der Waals surface area contributed by atoms with Gasteiger partial charge in [0.15, 0.2) is 0 Å². The van der Waals surface area contributed by atoms with Crippen LogP contribution in [-0.4, -0.2) is 46.0 Å². The Labute approximate surface area is 157 Å². The van der Waals surface area contributed by atoms with Crippen LogP contribution in [0.2, 0.25) is 0 Å². The summed E-state index contributed by atoms with van der Waals surface area (Å²) < 4.78 is 43.5. The van der Waals surface area contributed by atoms with Gasteiger partial charge in [-0.2, -0.15) is 13.2 Å². The van der Waals surface area contributed by atoms with Crippen LogP contribution in [0.25, 0.3) is 10.6 Å². The predicted octanol–water partition coefficient (Wildman–Crippen LogP) is 3.53. The Morgan fingerprint density at radius 1 is 1.11 bits per heavy atom. The van der Waals surface area contributed by atoms with E-state index in [0.29, 0.717) is 32.7 Å². The van der Waals surface area contributed by atoms with E-state index in [1.807, 2.05) is 11.4 Å². The third-order valence-electron chi connectivity index (χ3n) is 4.29. The number of hydrogen-bond donors (Lipinski definition) is 0. The molecule has 0 saturated carbocycles. The molecule has 1 aliphatic heterocycles. The highest BCUT2D eigenvalue weighted by Gasteiger charge is 2.33. The Balaban J connectivity index is 1.36. The van der Waals surface area contributed by atoms with Gasteiger partial charge in [-0.15, -0.1) is 11.3 Å². The number of rotatable bonds is 4. The quantitative estimate of drug-likeness (QED) is 0.674. The maximum Gasteiger partial charge on any atom is 0.433 e. The zero-order valence-electron chi connectivity index (χ0n) is 14.2. The summed E-state index contributed by atoms with van der Waals surface area (Å²) in [6, 6.07) is 2.76. The number of nitrogens with zero attached hydrogens (tertiary/aromatic N) is 5. The van der Waals surface area contributed by atoms with Crippen molar-refractivity contribution in [2.75, 3.05) is 31.1 Å². The lowest BCUT2D eigenvalue weighted by atomic mass is 10.3. The molecule has 0 bridgehead atoms. The van der Waals surface area contributed by atoms with Gasteiger partial charge in [-0.05, 0) is 12.1 Å². The first-order valence-corrected chi connectivity index (χ1v) is 9.21. The molecule has 0 aromatic carbocycles. The van der Waals surface area contributed by atoms with Crippen LogP contribution in [0.4, 0.5) is 19.1 Å². The molecular formula is C17H16F3N5OS. The van der Waals surface area contributed by atoms with Gasteiger partial charge in [0, 0.05) is 49.9 Å². The second-order valence-electron chi connectivity index (χ2n) is 6.16. The highest BCUT2D eigenvalue weighted by atomic mass is 32.1. The van der Waals surface area contributed by atoms with Crippen LogP contribution in [0.15, 0.2) is 40.7 Å². The van der Waals surface area contributed by atoms with Crippen LogP contribution >= 0.6 is 11.3 Å². The van der Waals surface area contributed by atoms with E-state index in [2.05, 4.69) is 19.9 Å². The molecular weight excluding hydrogens is 379 g/mol. The molecule has 10 heteroatoms. The zero-order chi connectivity index (χ0) is 18.9. The molecule has 1 fully saturated rings. The molecule has 27 heavy (non-hydrogen) atoms. The number of piperazine rings is 1. The maximum atomic E-state index is 12.8. The molecule has 6 nitrogen and oxygen atoms in total. The summed E-state index contributed by atoms with van der Waals surface area (Å²) in [6.45, 7) is 3.25. The second kappa shape index (κ2) is 7.28. The number of alkyl halides is 3. The van der Waals surface area contributed by atoms with E-state index in [4.69, 9.17) is 4.42 Å². The Morgan fingerprint density at radius 3 is 2.63 bits per heavy atom. The van der Waals surface area contributed by atoms with Gasteiger partial charge in [0.25, 0.3) is 0 Å². The molecule has 0 radical (unpaired) electrons. The minimum Gasteiger partial charge on any atom is -0.472 e. The molecule has 0 atom stereocenters. The fourth-order valence-corrected chi connectivity index (χ4v) is 3.69. The highest BCUT2D eigenvalue weighted by Crippen LogP contribution is 2.28. The highest BCUT2D eigenvalue weighted by molar-refractivity contribution is 7.13. The molecule has 142 valence electrons. The normalized spacial score (nSPS) is 16.0. The van der Waals surface area contributed by atoms with Crippen LogP contribution < -0.4 is 4.90 Å². The zero-order valence-corrected chi connectivity index (χ0v) is 15.0. The second-order valence-corrected chi connectivity index (χ2v) is 7.02. The maximum absolute atomic E-state index is 12.8. The van der Waals surface area contributed by atoms with Crippen molar-refractivity contribution in [2.24, 2.45) is 0 Å². The van der Waals surface area contributed by atoms with Crippen molar-refractivity contribution in [1.29, 1.82) is 0 Å². The molecule has 4 heterocycles. The van der Waals surface area contributed by atoms with Gasteiger partial charge in [-0.3, -0.25) is 4.90 Å². The molecule has 0 spiro atoms. The van der Waals surface area contributed by atoms with Crippen molar-refractivity contribution in [3.05, 3.63) is 47.6 Å². The Bertz CT molecular complexity index is 888. The van der Waals surface area contributed by atoms with Gasteiger partial charge < -0.3 is 9.32 Å². The number of halogens is 3. The van der Waals surface area contributed by atoms with Crippen LogP contribution in [0, 0.1) is 0 Å². The summed E-state index contributed by atoms with van der Waals surface area (Å²) in [6.07, 6.45) is -0.0248. The first-order chi connectivity index (χ1) is 13.0. The van der Waals surface area contributed by atoms with Crippen LogP contribution in [0.1, 0.15) is 11.4 Å². The van der Waals surface area contributed by atoms with Gasteiger partial charge >= 0.3 is 6.18 Å². The van der Waals surface area contributed by atoms with Crippen molar-refractivity contribution in [3.8, 4) is 10.6 Å². The van der Waals surface area contributed by atoms with Gasteiger partial charge in [0.1, 0.15) is 17.0 Å². The van der Waals surface area contributed by atoms with Crippen molar-refractivity contribution >= 4 is 17.3 Å². The minimum atomic E-state index is -4.46. The van der Waals surface area contributed by atoms with Crippen LogP contribution in [0.5, 0.6) is 0 Å². The van der Waals surface area contributed by atoms with Crippen molar-refractivity contribution in [2.45, 2.75) is 12.7 Å². The van der Waals surface area contributed by atoms with Gasteiger partial charge in [-0.1, -0.05) is 0 Å². The van der Waals surface area contributed by atoms with E-state index in [-0.39, 0.29) is 5.95 Å². The van der Waals surface area contributed by atoms with Crippen molar-refractivity contribution < 1.29 is 17.6 Å². The Kier molecular flexibility index (Phi) is 4.83. The van der Waals surface area contributed by atoms with E-state index in [1.165, 1.54) is 0 Å². The van der Waals surface area contributed by atoms with Crippen molar-refractivity contribution in [1.82, 2.24) is 19.9 Å². The first-order valence-electron chi connectivity index (χ1n) is 8.33. The third-order valence-corrected chi connectivity index (χ3v) is 5.23. The topological polar surface area (TPSA) is 58.3 Å². The molecule has 3 aromatic heterocycles. The van der Waals surface area contributed by atoms with Crippen molar-refractivity contribution in [3.63, 3.8) is 0 Å². The molecule has 4 rings (SSSR count). The lowest BCUT2D eigenvalue weighted by Gasteiger charge is -2.34. The first kappa shape index (κ1) is 17.9. The van der Waals surface area contributed by atoms with Crippen LogP contribution in [0.3, 0.4) is 0 Å². The summed E-state index contributed by atoms with van der Waals surface area (Å²) in [5.41, 5.74) is 1.02. The largest absolute Gasteiger partial charge is 0.472 e. The van der Waals surface area contributed by atoms with Gasteiger partial charge in [0.2, 0.25) is 5.95 Å². The lowest BCUT2D eigenvalue weighted by molar-refractivity contribution is -0.141. The van der Waals surface area contributed by atoms with Gasteiger partial charge in [-0.25, -0.2) is 15.0 Å². The fourth-order valence-electron chi connectivity index (χ4n) is 2.89. The predicted molar refractivity (Wildman–Crippen MR) is 94.3 cm³/mol. The molecule has 0 aliphatic carbocycles. The molecule has 0 N–H and O–H groups in total. The minimum absolute atomic E-state index is 0.125. The lowest BCUT2D eigenvalue weighted by Crippen LogP contribution is -2.46. The number of aromatic nitrogens is 3. The SMILES string of the molecule is FC(F)(F)c1ccnc(N2CCN(Cc3csc(-c4ccoc4)n3)CC2)n1. The Hall–Kier alpha value is -2.46. The number of thiazole rings is 1. The fraction of sp³-hybridized carbons (Fsp3) is 0.353. The molecule has 3 aromatic rings. The smallest absolute Gasteiger partial charge is 0.433 e. The number of anilines is 1. The van der Waals surface area contributed by atoms with Crippen LogP contribution in [-0.2, 0) is 12.7 Å². The molecule has 0 amide bonds. The van der Waals surface area contributed by atoms with E-state index in [0.717, 1.165) is 28.5 Å². The average Bonchev–Trinajstić information content (AvgIpc) is 3.33. The van der Waals surface area contributed by atoms with E-state index in [9.17, 15) is 13.2 Å². The summed E-state index contributed by atoms with van der Waals surface area (Å²) in [5, 5.41) is 2.93. The van der Waals surface area contributed by atoms with E-state index < -0.39 is 11.9 Å². The number of furan rings is 1. The third kappa shape index (κ3) is 4.11. The molecule has 1 saturated heterocycles. The van der Waals surface area contributed by atoms with E-state index in [1.54, 1.807) is 28.8 Å². The standard InChI is InChI=1S/C17H16F3N5OS/c18-17(19,20)14-1-3-21-16(23-14)25-6-4-24(5-7-25)9-13-11-27-15(22-13)12-2-8-26-10-12/h1-3,8,10-11H,4-7,9H2. The summed E-state index contributed by atoms with van der Waals surface area (Å²) >= 11 is 1.56.